The lowest BCUT2D eigenvalue weighted by Crippen LogP contribution is -2.22. The fourth-order valence-corrected chi connectivity index (χ4v) is 3.59. The van der Waals surface area contributed by atoms with Crippen LogP contribution in [0.2, 0.25) is 0 Å². The molecule has 0 atom stereocenters. The molecule has 5 aromatic rings. The van der Waals surface area contributed by atoms with Crippen LogP contribution in [0.25, 0.3) is 33.1 Å². The third kappa shape index (κ3) is 3.24. The first kappa shape index (κ1) is 17.9. The maximum atomic E-state index is 10.6. The summed E-state index contributed by atoms with van der Waals surface area (Å²) >= 11 is 0. The van der Waals surface area contributed by atoms with Gasteiger partial charge in [0, 0.05) is 40.8 Å². The summed E-state index contributed by atoms with van der Waals surface area (Å²) in [5.74, 6) is 0.382. The van der Waals surface area contributed by atoms with E-state index in [4.69, 9.17) is 10.4 Å². The SMILES string of the molecule is N=C(NCc1ccncc1)c1ccc2[nH]c(O)c(-c3ccc4ccccc4n3)c2c1. The van der Waals surface area contributed by atoms with Crippen LogP contribution in [0.5, 0.6) is 5.88 Å². The highest BCUT2D eigenvalue weighted by molar-refractivity contribution is 6.05. The van der Waals surface area contributed by atoms with Crippen molar-refractivity contribution in [2.24, 2.45) is 0 Å². The zero-order valence-corrected chi connectivity index (χ0v) is 16.1. The summed E-state index contributed by atoms with van der Waals surface area (Å²) in [6.07, 6.45) is 3.47. The van der Waals surface area contributed by atoms with Crippen molar-refractivity contribution in [2.75, 3.05) is 0 Å². The molecular weight excluding hydrogens is 374 g/mol. The summed E-state index contributed by atoms with van der Waals surface area (Å²) in [4.78, 5) is 11.7. The van der Waals surface area contributed by atoms with Gasteiger partial charge in [0.05, 0.1) is 16.8 Å². The first-order valence-corrected chi connectivity index (χ1v) is 9.61. The highest BCUT2D eigenvalue weighted by atomic mass is 16.3. The van der Waals surface area contributed by atoms with Gasteiger partial charge >= 0.3 is 0 Å². The lowest BCUT2D eigenvalue weighted by molar-refractivity contribution is 0.460. The van der Waals surface area contributed by atoms with E-state index in [1.54, 1.807) is 12.4 Å². The second-order valence-electron chi connectivity index (χ2n) is 7.08. The molecule has 0 aliphatic carbocycles. The lowest BCUT2D eigenvalue weighted by Gasteiger charge is -2.09. The van der Waals surface area contributed by atoms with E-state index >= 15 is 0 Å². The Kier molecular flexibility index (Phi) is 4.37. The van der Waals surface area contributed by atoms with Crippen LogP contribution in [0.4, 0.5) is 0 Å². The predicted octanol–water partition coefficient (Wildman–Crippen LogP) is 4.60. The van der Waals surface area contributed by atoms with Gasteiger partial charge in [-0.2, -0.15) is 0 Å². The maximum Gasteiger partial charge on any atom is 0.199 e. The molecule has 0 spiro atoms. The molecule has 30 heavy (non-hydrogen) atoms. The number of aromatic amines is 1. The number of amidine groups is 1. The number of nitrogens with one attached hydrogen (secondary N) is 3. The molecule has 0 aliphatic heterocycles. The highest BCUT2D eigenvalue weighted by Gasteiger charge is 2.16. The monoisotopic (exact) mass is 393 g/mol. The number of benzene rings is 2. The first-order valence-electron chi connectivity index (χ1n) is 9.61. The molecule has 3 heterocycles. The number of hydrogen-bond acceptors (Lipinski definition) is 4. The Labute approximate surface area is 172 Å². The summed E-state index contributed by atoms with van der Waals surface area (Å²) in [5.41, 5.74) is 4.77. The van der Waals surface area contributed by atoms with Gasteiger partial charge in [0.2, 0.25) is 0 Å². The molecule has 0 saturated carbocycles. The molecule has 0 unspecified atom stereocenters. The van der Waals surface area contributed by atoms with Crippen molar-refractivity contribution in [3.05, 3.63) is 90.3 Å². The van der Waals surface area contributed by atoms with Gasteiger partial charge in [0.15, 0.2) is 5.88 Å². The van der Waals surface area contributed by atoms with Crippen LogP contribution >= 0.6 is 0 Å². The summed E-state index contributed by atoms with van der Waals surface area (Å²) in [6.45, 7) is 0.539. The van der Waals surface area contributed by atoms with Crippen LogP contribution < -0.4 is 5.32 Å². The highest BCUT2D eigenvalue weighted by Crippen LogP contribution is 2.36. The van der Waals surface area contributed by atoms with Crippen molar-refractivity contribution in [1.82, 2.24) is 20.3 Å². The van der Waals surface area contributed by atoms with Crippen LogP contribution in [0.1, 0.15) is 11.1 Å². The summed E-state index contributed by atoms with van der Waals surface area (Å²) in [7, 11) is 0. The minimum atomic E-state index is 0.0706. The minimum absolute atomic E-state index is 0.0706. The standard InChI is InChI=1S/C24H19N5O/c25-23(27-14-15-9-11-26-12-10-15)17-6-7-20-18(13-17)22(24(30)29-20)21-8-5-16-3-1-2-4-19(16)28-21/h1-13,29-30H,14H2,(H2,25,27). The number of aromatic nitrogens is 3. The third-order valence-corrected chi connectivity index (χ3v) is 5.14. The van der Waals surface area contributed by atoms with E-state index in [2.05, 4.69) is 15.3 Å². The Morgan fingerprint density at radius 2 is 1.83 bits per heavy atom. The molecule has 0 saturated heterocycles. The number of nitrogens with zero attached hydrogens (tertiary/aromatic N) is 2. The van der Waals surface area contributed by atoms with Gasteiger partial charge in [-0.1, -0.05) is 24.3 Å². The normalized spacial score (nSPS) is 11.1. The van der Waals surface area contributed by atoms with Crippen molar-refractivity contribution in [3.8, 4) is 17.1 Å². The Bertz CT molecular complexity index is 1370. The van der Waals surface area contributed by atoms with Crippen LogP contribution in [0, 0.1) is 5.41 Å². The zero-order valence-electron chi connectivity index (χ0n) is 16.1. The van der Waals surface area contributed by atoms with Gasteiger partial charge < -0.3 is 15.4 Å². The summed E-state index contributed by atoms with van der Waals surface area (Å²) in [6, 6.07) is 21.3. The van der Waals surface area contributed by atoms with Gasteiger partial charge in [-0.05, 0) is 48.0 Å². The summed E-state index contributed by atoms with van der Waals surface area (Å²) in [5, 5.41) is 24.0. The average molecular weight is 393 g/mol. The van der Waals surface area contributed by atoms with Crippen molar-refractivity contribution in [3.63, 3.8) is 0 Å². The van der Waals surface area contributed by atoms with Gasteiger partial charge in [-0.15, -0.1) is 0 Å². The lowest BCUT2D eigenvalue weighted by atomic mass is 10.0. The van der Waals surface area contributed by atoms with Crippen LogP contribution in [-0.4, -0.2) is 25.9 Å². The first-order chi connectivity index (χ1) is 14.7. The smallest absolute Gasteiger partial charge is 0.199 e. The molecule has 2 aromatic carbocycles. The molecule has 6 nitrogen and oxygen atoms in total. The second-order valence-corrected chi connectivity index (χ2v) is 7.08. The minimum Gasteiger partial charge on any atom is -0.494 e. The molecule has 146 valence electrons. The molecular formula is C24H19N5O. The molecule has 0 radical (unpaired) electrons. The molecule has 5 rings (SSSR count). The number of H-pyrrole nitrogens is 1. The molecule has 0 fully saturated rings. The van der Waals surface area contributed by atoms with Crippen molar-refractivity contribution >= 4 is 27.6 Å². The zero-order chi connectivity index (χ0) is 20.5. The van der Waals surface area contributed by atoms with E-state index in [-0.39, 0.29) is 5.88 Å². The number of hydrogen-bond donors (Lipinski definition) is 4. The van der Waals surface area contributed by atoms with Crippen LogP contribution in [0.3, 0.4) is 0 Å². The van der Waals surface area contributed by atoms with Crippen molar-refractivity contribution in [2.45, 2.75) is 6.54 Å². The molecule has 4 N–H and O–H groups in total. The third-order valence-electron chi connectivity index (χ3n) is 5.14. The van der Waals surface area contributed by atoms with E-state index in [1.165, 1.54) is 0 Å². The number of pyridine rings is 2. The number of fused-ring (bicyclic) bond motifs is 2. The number of para-hydroxylation sites is 1. The molecule has 6 heteroatoms. The molecule has 0 aliphatic rings. The second kappa shape index (κ2) is 7.33. The van der Waals surface area contributed by atoms with Gasteiger partial charge in [0.1, 0.15) is 5.84 Å². The molecule has 0 bridgehead atoms. The molecule has 0 amide bonds. The van der Waals surface area contributed by atoms with E-state index in [1.807, 2.05) is 66.7 Å². The van der Waals surface area contributed by atoms with Crippen LogP contribution in [-0.2, 0) is 6.54 Å². The Balaban J connectivity index is 1.51. The topological polar surface area (TPSA) is 97.7 Å². The Morgan fingerprint density at radius 3 is 2.70 bits per heavy atom. The van der Waals surface area contributed by atoms with Crippen LogP contribution in [0.15, 0.2) is 79.1 Å². The van der Waals surface area contributed by atoms with Gasteiger partial charge in [-0.25, -0.2) is 4.98 Å². The van der Waals surface area contributed by atoms with E-state index in [0.29, 0.717) is 23.6 Å². The fraction of sp³-hybridized carbons (Fsp3) is 0.0417. The van der Waals surface area contributed by atoms with E-state index < -0.39 is 0 Å². The number of aromatic hydroxyl groups is 1. The average Bonchev–Trinajstić information content (AvgIpc) is 3.12. The number of rotatable bonds is 4. The van der Waals surface area contributed by atoms with E-state index in [9.17, 15) is 5.11 Å². The van der Waals surface area contributed by atoms with Crippen molar-refractivity contribution in [1.29, 1.82) is 5.41 Å². The fourth-order valence-electron chi connectivity index (χ4n) is 3.59. The predicted molar refractivity (Wildman–Crippen MR) is 119 cm³/mol. The Morgan fingerprint density at radius 1 is 1.00 bits per heavy atom. The molecule has 3 aromatic heterocycles. The van der Waals surface area contributed by atoms with Gasteiger partial charge in [0.25, 0.3) is 0 Å². The maximum absolute atomic E-state index is 10.6. The van der Waals surface area contributed by atoms with E-state index in [0.717, 1.165) is 32.9 Å². The van der Waals surface area contributed by atoms with Crippen molar-refractivity contribution < 1.29 is 5.11 Å². The quantitative estimate of drug-likeness (QED) is 0.265. The Hall–Kier alpha value is -4.19. The van der Waals surface area contributed by atoms with Gasteiger partial charge in [-0.3, -0.25) is 10.4 Å². The summed E-state index contributed by atoms with van der Waals surface area (Å²) < 4.78 is 0. The largest absolute Gasteiger partial charge is 0.494 e.